The molecule has 0 bridgehead atoms. The molecular weight excluding hydrogens is 364 g/mol. The Labute approximate surface area is 161 Å². The van der Waals surface area contributed by atoms with Crippen LogP contribution in [0, 0.1) is 5.41 Å². The van der Waals surface area contributed by atoms with Gasteiger partial charge in [-0.05, 0) is 30.5 Å². The summed E-state index contributed by atoms with van der Waals surface area (Å²) in [6, 6.07) is 10.8. The minimum atomic E-state index is -0.264. The van der Waals surface area contributed by atoms with Gasteiger partial charge in [-0.15, -0.1) is 0 Å². The summed E-state index contributed by atoms with van der Waals surface area (Å²) in [5, 5.41) is 14.9. The number of aromatic nitrogens is 3. The first-order valence-electron chi connectivity index (χ1n) is 8.31. The summed E-state index contributed by atoms with van der Waals surface area (Å²) < 4.78 is 1.70. The molecule has 138 valence electrons. The molecule has 1 aromatic carbocycles. The van der Waals surface area contributed by atoms with Crippen molar-refractivity contribution in [1.82, 2.24) is 14.8 Å². The van der Waals surface area contributed by atoms with E-state index in [4.69, 9.17) is 22.7 Å². The molecule has 2 aromatic heterocycles. The molecule has 0 saturated carbocycles. The summed E-state index contributed by atoms with van der Waals surface area (Å²) in [6.07, 6.45) is 4.41. The topological polar surface area (TPSA) is 110 Å². The van der Waals surface area contributed by atoms with Crippen LogP contribution in [-0.2, 0) is 19.9 Å². The molecule has 2 heterocycles. The first-order valence-corrected chi connectivity index (χ1v) is 8.69. The van der Waals surface area contributed by atoms with Gasteiger partial charge >= 0.3 is 0 Å². The quantitative estimate of drug-likeness (QED) is 0.449. The maximum atomic E-state index is 12.6. The highest BCUT2D eigenvalue weighted by Crippen LogP contribution is 2.15. The van der Waals surface area contributed by atoms with Crippen molar-refractivity contribution in [3.8, 4) is 0 Å². The first kappa shape index (κ1) is 18.6. The normalized spacial score (nSPS) is 10.6. The number of hydrogen-bond donors (Lipinski definition) is 3. The van der Waals surface area contributed by atoms with Gasteiger partial charge in [0.1, 0.15) is 11.7 Å². The number of nitrogens with two attached hydrogens (primary N) is 1. The number of carbonyl (C=O) groups is 1. The number of halogens is 1. The van der Waals surface area contributed by atoms with Crippen LogP contribution in [0.25, 0.3) is 0 Å². The van der Waals surface area contributed by atoms with Crippen molar-refractivity contribution < 1.29 is 4.79 Å². The summed E-state index contributed by atoms with van der Waals surface area (Å²) in [5.41, 5.74) is 8.59. The van der Waals surface area contributed by atoms with Gasteiger partial charge in [0.15, 0.2) is 0 Å². The number of aryl methyl sites for hydroxylation is 2. The van der Waals surface area contributed by atoms with Gasteiger partial charge in [-0.2, -0.15) is 5.10 Å². The van der Waals surface area contributed by atoms with Crippen LogP contribution in [0.2, 0.25) is 5.02 Å². The minimum Gasteiger partial charge on any atom is -0.384 e. The molecular formula is C19H19ClN6O. The Morgan fingerprint density at radius 3 is 2.56 bits per heavy atom. The smallest absolute Gasteiger partial charge is 0.260 e. The summed E-state index contributed by atoms with van der Waals surface area (Å²) in [5.74, 6) is 0.210. The van der Waals surface area contributed by atoms with E-state index in [0.717, 1.165) is 17.7 Å². The molecule has 1 amide bonds. The molecule has 27 heavy (non-hydrogen) atoms. The van der Waals surface area contributed by atoms with E-state index in [0.29, 0.717) is 28.4 Å². The third-order valence-electron chi connectivity index (χ3n) is 4.19. The molecule has 0 aliphatic carbocycles. The van der Waals surface area contributed by atoms with E-state index in [-0.39, 0.29) is 11.7 Å². The van der Waals surface area contributed by atoms with Gasteiger partial charge in [0.05, 0.1) is 22.5 Å². The molecule has 0 fully saturated rings. The van der Waals surface area contributed by atoms with Crippen LogP contribution in [-0.4, -0.2) is 26.5 Å². The average Bonchev–Trinajstić information content (AvgIpc) is 3.03. The fraction of sp³-hybridized carbons (Fsp3) is 0.158. The third-order valence-corrected chi connectivity index (χ3v) is 4.41. The number of rotatable bonds is 6. The lowest BCUT2D eigenvalue weighted by atomic mass is 10.0. The van der Waals surface area contributed by atoms with Gasteiger partial charge < -0.3 is 11.1 Å². The van der Waals surface area contributed by atoms with Crippen molar-refractivity contribution in [2.24, 2.45) is 12.8 Å². The first-order chi connectivity index (χ1) is 12.9. The van der Waals surface area contributed by atoms with E-state index >= 15 is 0 Å². The molecule has 3 aromatic rings. The molecule has 0 radical (unpaired) electrons. The lowest BCUT2D eigenvalue weighted by Gasteiger charge is -2.08. The number of hydrogen-bond acceptors (Lipinski definition) is 4. The second-order valence-corrected chi connectivity index (χ2v) is 6.49. The number of amidine groups is 1. The van der Waals surface area contributed by atoms with Crippen LogP contribution in [0.1, 0.15) is 27.2 Å². The molecule has 0 saturated heterocycles. The Balaban J connectivity index is 1.71. The molecule has 0 unspecified atom stereocenters. The van der Waals surface area contributed by atoms with Crippen molar-refractivity contribution in [3.63, 3.8) is 0 Å². The van der Waals surface area contributed by atoms with Crippen LogP contribution < -0.4 is 11.1 Å². The van der Waals surface area contributed by atoms with Gasteiger partial charge in [0, 0.05) is 18.8 Å². The highest BCUT2D eigenvalue weighted by molar-refractivity contribution is 6.30. The Morgan fingerprint density at radius 1 is 1.19 bits per heavy atom. The highest BCUT2D eigenvalue weighted by atomic mass is 35.5. The third kappa shape index (κ3) is 4.51. The number of carbonyl (C=O) groups excluding carboxylic acids is 1. The Bertz CT molecular complexity index is 963. The monoisotopic (exact) mass is 382 g/mol. The summed E-state index contributed by atoms with van der Waals surface area (Å²) in [6.45, 7) is 0. The zero-order valence-corrected chi connectivity index (χ0v) is 15.5. The summed E-state index contributed by atoms with van der Waals surface area (Å²) >= 11 is 5.81. The van der Waals surface area contributed by atoms with Gasteiger partial charge in [0.25, 0.3) is 5.91 Å². The van der Waals surface area contributed by atoms with Crippen molar-refractivity contribution in [3.05, 3.63) is 76.2 Å². The second-order valence-electron chi connectivity index (χ2n) is 6.05. The fourth-order valence-electron chi connectivity index (χ4n) is 2.70. The summed E-state index contributed by atoms with van der Waals surface area (Å²) in [4.78, 5) is 16.7. The van der Waals surface area contributed by atoms with Crippen molar-refractivity contribution in [2.75, 3.05) is 5.32 Å². The molecule has 7 nitrogen and oxygen atoms in total. The second kappa shape index (κ2) is 8.01. The maximum Gasteiger partial charge on any atom is 0.260 e. The van der Waals surface area contributed by atoms with Crippen molar-refractivity contribution in [2.45, 2.75) is 12.8 Å². The van der Waals surface area contributed by atoms with E-state index in [1.807, 2.05) is 31.3 Å². The van der Waals surface area contributed by atoms with Crippen LogP contribution in [0.4, 0.5) is 5.82 Å². The van der Waals surface area contributed by atoms with E-state index < -0.39 is 0 Å². The average molecular weight is 383 g/mol. The number of benzene rings is 1. The van der Waals surface area contributed by atoms with E-state index in [2.05, 4.69) is 15.4 Å². The molecule has 0 spiro atoms. The SMILES string of the molecule is Cn1ncc(C(=O)Nc2ccc(Cl)cn2)c1CCc1ccc(C(=N)N)cc1. The number of nitrogens with one attached hydrogen (secondary N) is 2. The number of amides is 1. The molecule has 4 N–H and O–H groups in total. The Kier molecular flexibility index (Phi) is 5.52. The maximum absolute atomic E-state index is 12.6. The predicted molar refractivity (Wildman–Crippen MR) is 105 cm³/mol. The Hall–Kier alpha value is -3.19. The number of nitrogens with zero attached hydrogens (tertiary/aromatic N) is 3. The number of anilines is 1. The zero-order valence-electron chi connectivity index (χ0n) is 14.7. The fourth-order valence-corrected chi connectivity index (χ4v) is 2.81. The molecule has 0 aliphatic heterocycles. The standard InChI is InChI=1S/C19H19ClN6O/c1-26-16(8-4-12-2-5-13(6-3-12)18(21)22)15(11-24-26)19(27)25-17-9-7-14(20)10-23-17/h2-3,5-7,9-11H,4,8H2,1H3,(H3,21,22)(H,23,25,27). The lowest BCUT2D eigenvalue weighted by Crippen LogP contribution is -2.15. The van der Waals surface area contributed by atoms with Crippen molar-refractivity contribution >= 4 is 29.2 Å². The van der Waals surface area contributed by atoms with Crippen LogP contribution in [0.15, 0.2) is 48.8 Å². The van der Waals surface area contributed by atoms with E-state index in [1.165, 1.54) is 6.20 Å². The van der Waals surface area contributed by atoms with Gasteiger partial charge in [-0.3, -0.25) is 14.9 Å². The molecule has 3 rings (SSSR count). The lowest BCUT2D eigenvalue weighted by molar-refractivity contribution is 0.102. The van der Waals surface area contributed by atoms with E-state index in [1.54, 1.807) is 23.0 Å². The van der Waals surface area contributed by atoms with Gasteiger partial charge in [0.2, 0.25) is 0 Å². The largest absolute Gasteiger partial charge is 0.384 e. The number of pyridine rings is 1. The molecule has 8 heteroatoms. The molecule has 0 atom stereocenters. The Morgan fingerprint density at radius 2 is 1.93 bits per heavy atom. The van der Waals surface area contributed by atoms with Crippen LogP contribution in [0.3, 0.4) is 0 Å². The number of nitrogen functional groups attached to an aromatic ring is 1. The minimum absolute atomic E-state index is 0.0444. The van der Waals surface area contributed by atoms with Crippen molar-refractivity contribution in [1.29, 1.82) is 5.41 Å². The van der Waals surface area contributed by atoms with Gasteiger partial charge in [-0.1, -0.05) is 35.9 Å². The summed E-state index contributed by atoms with van der Waals surface area (Å²) in [7, 11) is 1.81. The molecule has 0 aliphatic rings. The van der Waals surface area contributed by atoms with Gasteiger partial charge in [-0.25, -0.2) is 4.98 Å². The van der Waals surface area contributed by atoms with E-state index in [9.17, 15) is 4.79 Å². The predicted octanol–water partition coefficient (Wildman–Crippen LogP) is 2.79. The zero-order chi connectivity index (χ0) is 19.4. The highest BCUT2D eigenvalue weighted by Gasteiger charge is 2.16. The van der Waals surface area contributed by atoms with Crippen LogP contribution in [0.5, 0.6) is 0 Å². The van der Waals surface area contributed by atoms with Crippen LogP contribution >= 0.6 is 11.6 Å².